The third-order valence-corrected chi connectivity index (χ3v) is 4.60. The van der Waals surface area contributed by atoms with E-state index in [1.165, 1.54) is 5.06 Å². The first-order chi connectivity index (χ1) is 12.3. The minimum Gasteiger partial charge on any atom is -0.368 e. The molecule has 0 fully saturated rings. The molecule has 0 saturated carbocycles. The van der Waals surface area contributed by atoms with Crippen LogP contribution in [0.2, 0.25) is 10.0 Å². The Balaban J connectivity index is 1.77. The Morgan fingerprint density at radius 2 is 1.77 bits per heavy atom. The van der Waals surface area contributed by atoms with Crippen molar-refractivity contribution in [2.75, 3.05) is 0 Å². The minimum atomic E-state index is -0.739. The molecule has 0 bridgehead atoms. The SMILES string of the molecule is CC1(C)N=C(N)N=C(N)N1OCc1cccc(-c2ccc(Cl)c(Cl)c2)c1. The Kier molecular flexibility index (Phi) is 5.09. The maximum absolute atomic E-state index is 6.11. The zero-order valence-electron chi connectivity index (χ0n) is 14.4. The molecule has 0 unspecified atom stereocenters. The van der Waals surface area contributed by atoms with Gasteiger partial charge in [-0.15, -0.1) is 0 Å². The molecule has 0 aliphatic carbocycles. The first-order valence-electron chi connectivity index (χ1n) is 7.93. The molecule has 6 nitrogen and oxygen atoms in total. The Labute approximate surface area is 162 Å². The molecule has 0 spiro atoms. The van der Waals surface area contributed by atoms with E-state index in [0.29, 0.717) is 16.7 Å². The van der Waals surface area contributed by atoms with E-state index in [1.54, 1.807) is 6.07 Å². The van der Waals surface area contributed by atoms with Crippen molar-refractivity contribution < 1.29 is 4.84 Å². The van der Waals surface area contributed by atoms with Crippen molar-refractivity contribution in [2.45, 2.75) is 26.1 Å². The number of rotatable bonds is 4. The Bertz CT molecular complexity index is 895. The van der Waals surface area contributed by atoms with Crippen molar-refractivity contribution in [3.8, 4) is 11.1 Å². The van der Waals surface area contributed by atoms with Crippen LogP contribution in [0, 0.1) is 0 Å². The van der Waals surface area contributed by atoms with Crippen molar-refractivity contribution in [3.05, 3.63) is 58.1 Å². The lowest BCUT2D eigenvalue weighted by molar-refractivity contribution is -0.166. The minimum absolute atomic E-state index is 0.133. The molecule has 3 rings (SSSR count). The lowest BCUT2D eigenvalue weighted by Crippen LogP contribution is -2.53. The van der Waals surface area contributed by atoms with Gasteiger partial charge in [-0.05, 0) is 48.7 Å². The fourth-order valence-corrected chi connectivity index (χ4v) is 2.97. The van der Waals surface area contributed by atoms with Gasteiger partial charge >= 0.3 is 0 Å². The zero-order valence-corrected chi connectivity index (χ0v) is 15.9. The smallest absolute Gasteiger partial charge is 0.226 e. The quantitative estimate of drug-likeness (QED) is 0.829. The number of benzene rings is 2. The van der Waals surface area contributed by atoms with Gasteiger partial charge in [0, 0.05) is 0 Å². The first kappa shape index (κ1) is 18.5. The summed E-state index contributed by atoms with van der Waals surface area (Å²) in [7, 11) is 0. The monoisotopic (exact) mass is 391 g/mol. The number of hydrogen-bond donors (Lipinski definition) is 2. The van der Waals surface area contributed by atoms with Gasteiger partial charge in [-0.1, -0.05) is 47.5 Å². The molecule has 1 aliphatic heterocycles. The van der Waals surface area contributed by atoms with Crippen molar-refractivity contribution in [2.24, 2.45) is 21.5 Å². The van der Waals surface area contributed by atoms with Crippen LogP contribution >= 0.6 is 23.2 Å². The van der Waals surface area contributed by atoms with Crippen molar-refractivity contribution >= 4 is 35.1 Å². The molecule has 1 aliphatic rings. The molecular formula is C18H19Cl2N5O. The molecule has 136 valence electrons. The van der Waals surface area contributed by atoms with Gasteiger partial charge in [0.25, 0.3) is 0 Å². The maximum atomic E-state index is 6.11. The summed E-state index contributed by atoms with van der Waals surface area (Å²) in [6.45, 7) is 3.98. The number of nitrogens with two attached hydrogens (primary N) is 2. The molecule has 0 aromatic heterocycles. The highest BCUT2D eigenvalue weighted by molar-refractivity contribution is 6.42. The summed E-state index contributed by atoms with van der Waals surface area (Å²) in [5, 5.41) is 2.49. The van der Waals surface area contributed by atoms with Gasteiger partial charge in [-0.25, -0.2) is 4.99 Å². The van der Waals surface area contributed by atoms with Crippen molar-refractivity contribution in [1.29, 1.82) is 0 Å². The van der Waals surface area contributed by atoms with Gasteiger partial charge in [-0.2, -0.15) is 10.1 Å². The van der Waals surface area contributed by atoms with E-state index in [1.807, 2.05) is 50.2 Å². The highest BCUT2D eigenvalue weighted by Gasteiger charge is 2.33. The van der Waals surface area contributed by atoms with E-state index >= 15 is 0 Å². The molecule has 0 saturated heterocycles. The highest BCUT2D eigenvalue weighted by atomic mass is 35.5. The number of hydroxylamine groups is 2. The van der Waals surface area contributed by atoms with Crippen LogP contribution in [0.5, 0.6) is 0 Å². The topological polar surface area (TPSA) is 89.2 Å². The summed E-state index contributed by atoms with van der Waals surface area (Å²) < 4.78 is 0. The molecule has 0 amide bonds. The second-order valence-corrected chi connectivity index (χ2v) is 7.15. The number of aliphatic imine (C=N–C) groups is 2. The van der Waals surface area contributed by atoms with E-state index in [2.05, 4.69) is 9.98 Å². The Hall–Kier alpha value is -2.28. The maximum Gasteiger partial charge on any atom is 0.226 e. The van der Waals surface area contributed by atoms with Crippen LogP contribution in [-0.2, 0) is 11.4 Å². The third-order valence-electron chi connectivity index (χ3n) is 3.86. The van der Waals surface area contributed by atoms with Crippen LogP contribution in [0.25, 0.3) is 11.1 Å². The summed E-state index contributed by atoms with van der Waals surface area (Å²) in [4.78, 5) is 14.0. The van der Waals surface area contributed by atoms with Gasteiger partial charge in [0.2, 0.25) is 11.9 Å². The summed E-state index contributed by atoms with van der Waals surface area (Å²) in [5.41, 5.74) is 13.8. The molecule has 2 aromatic carbocycles. The fourth-order valence-electron chi connectivity index (χ4n) is 2.67. The summed E-state index contributed by atoms with van der Waals surface area (Å²) in [6.07, 6.45) is 0. The summed E-state index contributed by atoms with van der Waals surface area (Å²) in [6, 6.07) is 13.5. The number of hydrogen-bond acceptors (Lipinski definition) is 6. The summed E-state index contributed by atoms with van der Waals surface area (Å²) in [5.74, 6) is 0.303. The van der Waals surface area contributed by atoms with E-state index in [0.717, 1.165) is 16.7 Å². The van der Waals surface area contributed by atoms with Crippen LogP contribution in [0.15, 0.2) is 52.4 Å². The third kappa shape index (κ3) is 3.93. The average Bonchev–Trinajstić information content (AvgIpc) is 2.56. The standard InChI is InChI=1S/C18H19Cl2N5O/c1-18(2)24-16(21)23-17(22)25(18)26-10-11-4-3-5-12(8-11)13-6-7-14(19)15(20)9-13/h3-9H,10H2,1-2H3,(H4,21,22,23,24). The molecule has 0 atom stereocenters. The van der Waals surface area contributed by atoms with Gasteiger partial charge in [0.15, 0.2) is 5.66 Å². The molecule has 1 heterocycles. The molecule has 8 heteroatoms. The normalized spacial score (nSPS) is 16.2. The Morgan fingerprint density at radius 3 is 2.46 bits per heavy atom. The van der Waals surface area contributed by atoms with Gasteiger partial charge in [0.1, 0.15) is 6.61 Å². The van der Waals surface area contributed by atoms with Crippen LogP contribution in [0.1, 0.15) is 19.4 Å². The second kappa shape index (κ2) is 7.15. The lowest BCUT2D eigenvalue weighted by atomic mass is 10.0. The van der Waals surface area contributed by atoms with Crippen LogP contribution in [0.3, 0.4) is 0 Å². The van der Waals surface area contributed by atoms with Gasteiger partial charge < -0.3 is 11.5 Å². The number of nitrogens with zero attached hydrogens (tertiary/aromatic N) is 3. The average molecular weight is 392 g/mol. The van der Waals surface area contributed by atoms with E-state index < -0.39 is 5.66 Å². The van der Waals surface area contributed by atoms with E-state index in [9.17, 15) is 0 Å². The zero-order chi connectivity index (χ0) is 18.9. The lowest BCUT2D eigenvalue weighted by Gasteiger charge is -2.36. The molecule has 26 heavy (non-hydrogen) atoms. The first-order valence-corrected chi connectivity index (χ1v) is 8.69. The molecule has 2 aromatic rings. The van der Waals surface area contributed by atoms with E-state index in [-0.39, 0.29) is 11.9 Å². The van der Waals surface area contributed by atoms with Crippen LogP contribution in [-0.4, -0.2) is 22.6 Å². The highest BCUT2D eigenvalue weighted by Crippen LogP contribution is 2.29. The predicted molar refractivity (Wildman–Crippen MR) is 106 cm³/mol. The predicted octanol–water partition coefficient (Wildman–Crippen LogP) is 3.77. The Morgan fingerprint density at radius 1 is 1.04 bits per heavy atom. The number of halogens is 2. The van der Waals surface area contributed by atoms with Crippen LogP contribution in [0.4, 0.5) is 0 Å². The summed E-state index contributed by atoms with van der Waals surface area (Å²) >= 11 is 12.1. The largest absolute Gasteiger partial charge is 0.368 e. The molecule has 4 N–H and O–H groups in total. The van der Waals surface area contributed by atoms with Gasteiger partial charge in [0.05, 0.1) is 10.0 Å². The molecular weight excluding hydrogens is 373 g/mol. The van der Waals surface area contributed by atoms with Crippen molar-refractivity contribution in [3.63, 3.8) is 0 Å². The van der Waals surface area contributed by atoms with Gasteiger partial charge in [-0.3, -0.25) is 4.84 Å². The van der Waals surface area contributed by atoms with Crippen molar-refractivity contribution in [1.82, 2.24) is 5.06 Å². The molecule has 0 radical (unpaired) electrons. The second-order valence-electron chi connectivity index (χ2n) is 6.33. The fraction of sp³-hybridized carbons (Fsp3) is 0.222. The van der Waals surface area contributed by atoms with E-state index in [4.69, 9.17) is 39.5 Å². The van der Waals surface area contributed by atoms with Crippen LogP contribution < -0.4 is 11.5 Å². The number of guanidine groups is 2.